The number of rotatable bonds is 3. The lowest BCUT2D eigenvalue weighted by Crippen LogP contribution is -2.58. The SMILES string of the molecule is CC1(NCc2cccc(O)c2Cl)CC(F)(F)C1. The summed E-state index contributed by atoms with van der Waals surface area (Å²) >= 11 is 5.90. The molecular formula is C12H14ClF2NO. The first kappa shape index (κ1) is 12.6. The molecule has 17 heavy (non-hydrogen) atoms. The minimum atomic E-state index is -2.55. The van der Waals surface area contributed by atoms with Crippen molar-refractivity contribution < 1.29 is 13.9 Å². The lowest BCUT2D eigenvalue weighted by molar-refractivity contribution is -0.128. The molecule has 0 unspecified atom stereocenters. The van der Waals surface area contributed by atoms with Crippen LogP contribution in [-0.4, -0.2) is 16.6 Å². The second-order valence-corrected chi connectivity index (χ2v) is 5.25. The molecule has 1 aliphatic carbocycles. The number of phenols is 1. The molecular weight excluding hydrogens is 248 g/mol. The molecule has 5 heteroatoms. The van der Waals surface area contributed by atoms with Crippen LogP contribution < -0.4 is 5.32 Å². The number of nitrogens with one attached hydrogen (secondary N) is 1. The largest absolute Gasteiger partial charge is 0.506 e. The molecule has 0 aromatic heterocycles. The average molecular weight is 262 g/mol. The van der Waals surface area contributed by atoms with Gasteiger partial charge in [0.15, 0.2) is 0 Å². The Morgan fingerprint density at radius 1 is 1.41 bits per heavy atom. The molecule has 1 fully saturated rings. The molecule has 0 saturated heterocycles. The van der Waals surface area contributed by atoms with Crippen LogP contribution in [0.4, 0.5) is 8.78 Å². The van der Waals surface area contributed by atoms with Gasteiger partial charge in [-0.1, -0.05) is 23.7 Å². The van der Waals surface area contributed by atoms with Gasteiger partial charge < -0.3 is 10.4 Å². The summed E-state index contributed by atoms with van der Waals surface area (Å²) in [5.41, 5.74) is 0.168. The monoisotopic (exact) mass is 261 g/mol. The predicted octanol–water partition coefficient (Wildman–Crippen LogP) is 3.32. The average Bonchev–Trinajstić information content (AvgIpc) is 2.17. The molecule has 2 nitrogen and oxygen atoms in total. The summed E-state index contributed by atoms with van der Waals surface area (Å²) in [5, 5.41) is 12.7. The van der Waals surface area contributed by atoms with Gasteiger partial charge in [-0.05, 0) is 18.6 Å². The van der Waals surface area contributed by atoms with Gasteiger partial charge in [-0.25, -0.2) is 8.78 Å². The van der Waals surface area contributed by atoms with Crippen LogP contribution in [0.15, 0.2) is 18.2 Å². The van der Waals surface area contributed by atoms with Crippen LogP contribution in [-0.2, 0) is 6.54 Å². The standard InChI is InChI=1S/C12H14ClF2NO/c1-11(6-12(14,15)7-11)16-5-8-3-2-4-9(17)10(8)13/h2-4,16-17H,5-7H2,1H3. The fourth-order valence-electron chi connectivity index (χ4n) is 2.23. The van der Waals surface area contributed by atoms with Gasteiger partial charge in [0.1, 0.15) is 5.75 Å². The van der Waals surface area contributed by atoms with Crippen molar-refractivity contribution in [3.63, 3.8) is 0 Å². The van der Waals surface area contributed by atoms with E-state index in [1.165, 1.54) is 6.07 Å². The van der Waals surface area contributed by atoms with Gasteiger partial charge in [-0.15, -0.1) is 0 Å². The molecule has 0 aliphatic heterocycles. The molecule has 1 aromatic rings. The molecule has 2 N–H and O–H groups in total. The highest BCUT2D eigenvalue weighted by Crippen LogP contribution is 2.45. The third kappa shape index (κ3) is 2.69. The summed E-state index contributed by atoms with van der Waals surface area (Å²) in [6, 6.07) is 4.93. The maximum Gasteiger partial charge on any atom is 0.251 e. The Labute approximate surface area is 104 Å². The fraction of sp³-hybridized carbons (Fsp3) is 0.500. The minimum Gasteiger partial charge on any atom is -0.506 e. The van der Waals surface area contributed by atoms with E-state index < -0.39 is 11.5 Å². The van der Waals surface area contributed by atoms with E-state index in [1.807, 2.05) is 0 Å². The van der Waals surface area contributed by atoms with E-state index in [1.54, 1.807) is 19.1 Å². The van der Waals surface area contributed by atoms with Crippen molar-refractivity contribution in [3.8, 4) is 5.75 Å². The smallest absolute Gasteiger partial charge is 0.251 e. The third-order valence-corrected chi connectivity index (χ3v) is 3.50. The molecule has 0 spiro atoms. The summed E-state index contributed by atoms with van der Waals surface area (Å²) in [5.74, 6) is -2.54. The van der Waals surface area contributed by atoms with E-state index in [2.05, 4.69) is 5.32 Å². The topological polar surface area (TPSA) is 32.3 Å². The molecule has 94 valence electrons. The first-order valence-corrected chi connectivity index (χ1v) is 5.78. The zero-order valence-electron chi connectivity index (χ0n) is 9.43. The van der Waals surface area contributed by atoms with Crippen molar-refractivity contribution in [3.05, 3.63) is 28.8 Å². The summed E-state index contributed by atoms with van der Waals surface area (Å²) in [6.45, 7) is 2.14. The van der Waals surface area contributed by atoms with Crippen LogP contribution in [0.2, 0.25) is 5.02 Å². The van der Waals surface area contributed by atoms with E-state index in [9.17, 15) is 13.9 Å². The second kappa shape index (κ2) is 4.10. The zero-order chi connectivity index (χ0) is 12.7. The number of aromatic hydroxyl groups is 1. The van der Waals surface area contributed by atoms with Gasteiger partial charge >= 0.3 is 0 Å². The molecule has 1 aliphatic rings. The van der Waals surface area contributed by atoms with Gasteiger partial charge in [0.2, 0.25) is 0 Å². The summed E-state index contributed by atoms with van der Waals surface area (Å²) in [7, 11) is 0. The Hall–Kier alpha value is -0.870. The van der Waals surface area contributed by atoms with Crippen LogP contribution >= 0.6 is 11.6 Å². The first-order chi connectivity index (χ1) is 7.81. The highest BCUT2D eigenvalue weighted by molar-refractivity contribution is 6.32. The first-order valence-electron chi connectivity index (χ1n) is 5.41. The molecule has 0 atom stereocenters. The van der Waals surface area contributed by atoms with Crippen LogP contribution in [0.5, 0.6) is 5.75 Å². The van der Waals surface area contributed by atoms with Gasteiger partial charge in [0, 0.05) is 24.9 Å². The number of halogens is 3. The molecule has 0 bridgehead atoms. The van der Waals surface area contributed by atoms with E-state index in [0.29, 0.717) is 12.1 Å². The van der Waals surface area contributed by atoms with Crippen molar-refractivity contribution in [1.82, 2.24) is 5.32 Å². The summed E-state index contributed by atoms with van der Waals surface area (Å²) in [4.78, 5) is 0. The van der Waals surface area contributed by atoms with Crippen LogP contribution in [0.1, 0.15) is 25.3 Å². The Morgan fingerprint density at radius 2 is 2.06 bits per heavy atom. The Bertz CT molecular complexity index is 429. The number of hydrogen-bond donors (Lipinski definition) is 2. The molecule has 1 aromatic carbocycles. The fourth-order valence-corrected chi connectivity index (χ4v) is 2.42. The molecule has 0 heterocycles. The second-order valence-electron chi connectivity index (χ2n) is 4.87. The third-order valence-electron chi connectivity index (χ3n) is 3.06. The van der Waals surface area contributed by atoms with E-state index in [-0.39, 0.29) is 23.6 Å². The van der Waals surface area contributed by atoms with Crippen molar-refractivity contribution in [1.29, 1.82) is 0 Å². The zero-order valence-corrected chi connectivity index (χ0v) is 10.2. The van der Waals surface area contributed by atoms with Gasteiger partial charge in [-0.2, -0.15) is 0 Å². The number of benzene rings is 1. The maximum absolute atomic E-state index is 12.8. The highest BCUT2D eigenvalue weighted by Gasteiger charge is 2.53. The van der Waals surface area contributed by atoms with Crippen LogP contribution in [0.25, 0.3) is 0 Å². The van der Waals surface area contributed by atoms with Crippen LogP contribution in [0, 0.1) is 0 Å². The van der Waals surface area contributed by atoms with Gasteiger partial charge in [0.25, 0.3) is 5.92 Å². The molecule has 0 amide bonds. The lowest BCUT2D eigenvalue weighted by Gasteiger charge is -2.45. The molecule has 2 rings (SSSR count). The van der Waals surface area contributed by atoms with E-state index in [4.69, 9.17) is 11.6 Å². The lowest BCUT2D eigenvalue weighted by atomic mass is 9.75. The van der Waals surface area contributed by atoms with Crippen molar-refractivity contribution in [2.75, 3.05) is 0 Å². The highest BCUT2D eigenvalue weighted by atomic mass is 35.5. The van der Waals surface area contributed by atoms with Crippen molar-refractivity contribution in [2.45, 2.75) is 37.8 Å². The van der Waals surface area contributed by atoms with E-state index >= 15 is 0 Å². The van der Waals surface area contributed by atoms with E-state index in [0.717, 1.165) is 0 Å². The number of hydrogen-bond acceptors (Lipinski definition) is 2. The quantitative estimate of drug-likeness (QED) is 0.875. The Balaban J connectivity index is 1.97. The summed E-state index contributed by atoms with van der Waals surface area (Å²) in [6.07, 6.45) is -0.313. The predicted molar refractivity (Wildman–Crippen MR) is 62.5 cm³/mol. The van der Waals surface area contributed by atoms with Gasteiger partial charge in [-0.3, -0.25) is 0 Å². The Kier molecular flexibility index (Phi) is 3.04. The van der Waals surface area contributed by atoms with Gasteiger partial charge in [0.05, 0.1) is 5.02 Å². The number of phenolic OH excluding ortho intramolecular Hbond substituents is 1. The molecule has 1 saturated carbocycles. The minimum absolute atomic E-state index is 0.00931. The Morgan fingerprint density at radius 3 is 2.65 bits per heavy atom. The summed E-state index contributed by atoms with van der Waals surface area (Å²) < 4.78 is 25.6. The maximum atomic E-state index is 12.8. The number of alkyl halides is 2. The normalized spacial score (nSPS) is 20.9. The molecule has 0 radical (unpaired) electrons. The van der Waals surface area contributed by atoms with Crippen LogP contribution in [0.3, 0.4) is 0 Å². The van der Waals surface area contributed by atoms with Crippen molar-refractivity contribution >= 4 is 11.6 Å². The van der Waals surface area contributed by atoms with Crippen molar-refractivity contribution in [2.24, 2.45) is 0 Å².